The summed E-state index contributed by atoms with van der Waals surface area (Å²) in [6.45, 7) is 8.07. The summed E-state index contributed by atoms with van der Waals surface area (Å²) in [5, 5.41) is 3.27. The number of rotatable bonds is 7. The zero-order valence-electron chi connectivity index (χ0n) is 19.4. The fourth-order valence-corrected chi connectivity index (χ4v) is 6.01. The minimum atomic E-state index is -3.35. The highest BCUT2D eigenvalue weighted by atomic mass is 32.2. The van der Waals surface area contributed by atoms with Gasteiger partial charge in [0.25, 0.3) is 5.91 Å². The summed E-state index contributed by atoms with van der Waals surface area (Å²) in [6.07, 6.45) is 3.25. The van der Waals surface area contributed by atoms with Crippen LogP contribution in [-0.2, 0) is 35.4 Å². The van der Waals surface area contributed by atoms with Gasteiger partial charge < -0.3 is 9.31 Å². The van der Waals surface area contributed by atoms with Crippen molar-refractivity contribution in [2.24, 2.45) is 5.41 Å². The highest BCUT2D eigenvalue weighted by Gasteiger charge is 2.52. The minimum Gasteiger partial charge on any atom is -0.399 e. The van der Waals surface area contributed by atoms with E-state index < -0.39 is 33.8 Å². The number of nitrogens with zero attached hydrogens (tertiary/aromatic N) is 1. The lowest BCUT2D eigenvalue weighted by atomic mass is 9.78. The van der Waals surface area contributed by atoms with E-state index in [0.29, 0.717) is 25.7 Å². The van der Waals surface area contributed by atoms with Gasteiger partial charge in [0, 0.05) is 17.9 Å². The van der Waals surface area contributed by atoms with Gasteiger partial charge in [-0.1, -0.05) is 0 Å². The molecule has 0 aromatic carbocycles. The van der Waals surface area contributed by atoms with Gasteiger partial charge in [-0.3, -0.25) is 9.63 Å². The van der Waals surface area contributed by atoms with Crippen molar-refractivity contribution in [3.8, 4) is 0 Å². The van der Waals surface area contributed by atoms with Gasteiger partial charge in [-0.05, 0) is 70.4 Å². The molecule has 3 rings (SSSR count). The van der Waals surface area contributed by atoms with Gasteiger partial charge in [0.15, 0.2) is 0 Å². The normalized spacial score (nSPS) is 27.6. The van der Waals surface area contributed by atoms with Gasteiger partial charge in [-0.2, -0.15) is 11.3 Å². The number of hydrogen-bond donors (Lipinski definition) is 1. The van der Waals surface area contributed by atoms with Crippen LogP contribution in [0.15, 0.2) is 11.4 Å². The van der Waals surface area contributed by atoms with Gasteiger partial charge >= 0.3 is 7.12 Å². The van der Waals surface area contributed by atoms with E-state index >= 15 is 0 Å². The van der Waals surface area contributed by atoms with Crippen molar-refractivity contribution < 1.29 is 27.4 Å². The number of hydrogen-bond acceptors (Lipinski definition) is 7. The lowest BCUT2D eigenvalue weighted by molar-refractivity contribution is -0.180. The molecule has 2 fully saturated rings. The Morgan fingerprint density at radius 1 is 1.32 bits per heavy atom. The first-order valence-electron chi connectivity index (χ1n) is 10.4. The molecule has 0 bridgehead atoms. The largest absolute Gasteiger partial charge is 0.505 e. The van der Waals surface area contributed by atoms with Gasteiger partial charge in [-0.25, -0.2) is 18.2 Å². The number of amides is 1. The Hall–Kier alpha value is -0.975. The Kier molecular flexibility index (Phi) is 6.70. The molecule has 2 aliphatic rings. The molecule has 0 spiro atoms. The second kappa shape index (κ2) is 8.42. The van der Waals surface area contributed by atoms with Crippen molar-refractivity contribution in [3.05, 3.63) is 17.0 Å². The molecular formula is C20H33BN2O6S2. The maximum absolute atomic E-state index is 13.2. The maximum atomic E-state index is 13.2. The van der Waals surface area contributed by atoms with Crippen molar-refractivity contribution in [2.75, 3.05) is 20.4 Å². The molecule has 0 radical (unpaired) electrons. The van der Waals surface area contributed by atoms with E-state index in [1.54, 1.807) is 18.4 Å². The van der Waals surface area contributed by atoms with E-state index in [2.05, 4.69) is 4.72 Å². The fraction of sp³-hybridized carbons (Fsp3) is 0.750. The molecule has 1 amide bonds. The molecule has 2 heterocycles. The zero-order chi connectivity index (χ0) is 23.2. The Labute approximate surface area is 189 Å². The number of sulfonamides is 1. The van der Waals surface area contributed by atoms with Crippen molar-refractivity contribution in [2.45, 2.75) is 70.6 Å². The third-order valence-electron chi connectivity index (χ3n) is 6.70. The van der Waals surface area contributed by atoms with Gasteiger partial charge in [0.05, 0.1) is 30.0 Å². The summed E-state index contributed by atoms with van der Waals surface area (Å²) < 4.78 is 39.3. The molecule has 11 heteroatoms. The number of thiophene rings is 1. The molecule has 174 valence electrons. The Morgan fingerprint density at radius 3 is 2.48 bits per heavy atom. The summed E-state index contributed by atoms with van der Waals surface area (Å²) in [6, 6.07) is 1.76. The van der Waals surface area contributed by atoms with Gasteiger partial charge in [0.1, 0.15) is 0 Å². The Morgan fingerprint density at radius 2 is 1.94 bits per heavy atom. The van der Waals surface area contributed by atoms with Crippen LogP contribution in [0.2, 0.25) is 0 Å². The van der Waals surface area contributed by atoms with E-state index in [0.717, 1.165) is 16.6 Å². The predicted octanol–water partition coefficient (Wildman–Crippen LogP) is 1.70. The standard InChI is InChI=1S/C20H33BN2O6S2/c1-18(2)19(3,4)29-21(28-18)16-10-14(13-30-16)11-20(17(24)23(5)27-6)9-8-15(12-20)22-31(7,25)26/h10,13,15,22H,8-9,11-12H2,1-7H3/t15-,20+/m0/s1. The summed E-state index contributed by atoms with van der Waals surface area (Å²) in [4.78, 5) is 18.4. The molecule has 1 aromatic rings. The number of nitrogens with one attached hydrogen (secondary N) is 1. The third-order valence-corrected chi connectivity index (χ3v) is 8.47. The van der Waals surface area contributed by atoms with Crippen LogP contribution >= 0.6 is 11.3 Å². The second-order valence-corrected chi connectivity index (χ2v) is 12.4. The molecule has 1 saturated carbocycles. The Bertz CT molecular complexity index is 916. The maximum Gasteiger partial charge on any atom is 0.505 e. The van der Waals surface area contributed by atoms with E-state index in [1.165, 1.54) is 12.2 Å². The van der Waals surface area contributed by atoms with Crippen LogP contribution in [0.25, 0.3) is 0 Å². The number of carbonyl (C=O) groups excluding carboxylic acids is 1. The van der Waals surface area contributed by atoms with Gasteiger partial charge in [0.2, 0.25) is 10.0 Å². The molecule has 8 nitrogen and oxygen atoms in total. The summed E-state index contributed by atoms with van der Waals surface area (Å²) in [5.74, 6) is -0.142. The molecule has 1 aromatic heterocycles. The summed E-state index contributed by atoms with van der Waals surface area (Å²) in [7, 11) is -0.752. The minimum absolute atomic E-state index is 0.142. The average Bonchev–Trinajstić information content (AvgIpc) is 3.30. The molecule has 1 aliphatic carbocycles. The van der Waals surface area contributed by atoms with Crippen LogP contribution in [0.4, 0.5) is 0 Å². The lowest BCUT2D eigenvalue weighted by Gasteiger charge is -2.32. The molecular weight excluding hydrogens is 439 g/mol. The molecule has 1 saturated heterocycles. The van der Waals surface area contributed by atoms with Crippen molar-refractivity contribution in [3.63, 3.8) is 0 Å². The summed E-state index contributed by atoms with van der Waals surface area (Å²) >= 11 is 1.55. The highest BCUT2D eigenvalue weighted by Crippen LogP contribution is 2.43. The highest BCUT2D eigenvalue weighted by molar-refractivity contribution is 7.88. The van der Waals surface area contributed by atoms with Crippen molar-refractivity contribution >= 4 is 39.2 Å². The van der Waals surface area contributed by atoms with Crippen LogP contribution in [0.3, 0.4) is 0 Å². The van der Waals surface area contributed by atoms with Crippen molar-refractivity contribution in [1.29, 1.82) is 0 Å². The number of carbonyl (C=O) groups is 1. The van der Waals surface area contributed by atoms with Crippen LogP contribution in [0.5, 0.6) is 0 Å². The van der Waals surface area contributed by atoms with Crippen molar-refractivity contribution in [1.82, 2.24) is 9.79 Å². The average molecular weight is 472 g/mol. The monoisotopic (exact) mass is 472 g/mol. The fourth-order valence-electron chi connectivity index (χ4n) is 4.34. The first-order chi connectivity index (χ1) is 14.2. The first kappa shape index (κ1) is 24.7. The van der Waals surface area contributed by atoms with Crippen LogP contribution in [-0.4, -0.2) is 64.2 Å². The molecule has 31 heavy (non-hydrogen) atoms. The molecule has 1 N–H and O–H groups in total. The topological polar surface area (TPSA) is 94.2 Å². The predicted molar refractivity (Wildman–Crippen MR) is 122 cm³/mol. The zero-order valence-corrected chi connectivity index (χ0v) is 21.0. The van der Waals surface area contributed by atoms with Crippen LogP contribution in [0, 0.1) is 5.41 Å². The van der Waals surface area contributed by atoms with E-state index in [4.69, 9.17) is 14.1 Å². The lowest BCUT2D eigenvalue weighted by Crippen LogP contribution is -2.43. The summed E-state index contributed by atoms with van der Waals surface area (Å²) in [5.41, 5.74) is -0.569. The Balaban J connectivity index is 1.81. The van der Waals surface area contributed by atoms with Crippen LogP contribution in [0.1, 0.15) is 52.5 Å². The number of hydroxylamine groups is 2. The van der Waals surface area contributed by atoms with Gasteiger partial charge in [-0.15, -0.1) is 0 Å². The van der Waals surface area contributed by atoms with Crippen LogP contribution < -0.4 is 9.50 Å². The smallest absolute Gasteiger partial charge is 0.399 e. The second-order valence-electron chi connectivity index (χ2n) is 9.72. The third kappa shape index (κ3) is 5.17. The SMILES string of the molecule is CON(C)C(=O)[C@@]1(Cc2csc(B3OC(C)(C)C(C)(C)O3)c2)CC[C@H](NS(C)(=O)=O)C1. The quantitative estimate of drug-likeness (QED) is 0.480. The van der Waals surface area contributed by atoms with E-state index in [1.807, 2.05) is 39.1 Å². The molecule has 0 unspecified atom stereocenters. The molecule has 2 atom stereocenters. The molecule has 1 aliphatic heterocycles. The first-order valence-corrected chi connectivity index (χ1v) is 13.2. The van der Waals surface area contributed by atoms with E-state index in [9.17, 15) is 13.2 Å². The van der Waals surface area contributed by atoms with E-state index in [-0.39, 0.29) is 11.9 Å².